The number of amides is 1. The largest absolute Gasteiger partial charge is 0.497 e. The van der Waals surface area contributed by atoms with Gasteiger partial charge in [0.1, 0.15) is 5.75 Å². The first-order valence-corrected chi connectivity index (χ1v) is 9.15. The minimum absolute atomic E-state index is 0.0792. The fourth-order valence-corrected chi connectivity index (χ4v) is 3.87. The first kappa shape index (κ1) is 16.7. The predicted molar refractivity (Wildman–Crippen MR) is 104 cm³/mol. The summed E-state index contributed by atoms with van der Waals surface area (Å²) in [6, 6.07) is 14.4. The fourth-order valence-electron chi connectivity index (χ4n) is 3.87. The predicted octanol–water partition coefficient (Wildman–Crippen LogP) is 3.70. The molecule has 0 bridgehead atoms. The number of methoxy groups -OCH3 is 1. The van der Waals surface area contributed by atoms with Crippen molar-refractivity contribution in [2.24, 2.45) is 0 Å². The Balaban J connectivity index is 1.42. The first-order valence-electron chi connectivity index (χ1n) is 9.15. The molecule has 1 heterocycles. The molecule has 1 aromatic heterocycles. The zero-order valence-corrected chi connectivity index (χ0v) is 15.3. The number of hydrogen-bond donors (Lipinski definition) is 2. The molecule has 1 amide bonds. The monoisotopic (exact) mass is 348 g/mol. The van der Waals surface area contributed by atoms with Crippen LogP contribution in [0.15, 0.2) is 42.5 Å². The van der Waals surface area contributed by atoms with Crippen molar-refractivity contribution in [1.29, 1.82) is 0 Å². The van der Waals surface area contributed by atoms with Gasteiger partial charge in [0, 0.05) is 29.1 Å². The minimum atomic E-state index is 0.0792. The lowest BCUT2D eigenvalue weighted by atomic mass is 9.91. The maximum atomic E-state index is 12.4. The zero-order chi connectivity index (χ0) is 18.1. The Hall–Kier alpha value is -2.75. The molecule has 134 valence electrons. The van der Waals surface area contributed by atoms with Crippen LogP contribution in [0, 0.1) is 6.92 Å². The molecular weight excluding hydrogens is 324 g/mol. The Morgan fingerprint density at radius 2 is 2.04 bits per heavy atom. The van der Waals surface area contributed by atoms with E-state index >= 15 is 0 Å². The van der Waals surface area contributed by atoms with Gasteiger partial charge < -0.3 is 15.0 Å². The van der Waals surface area contributed by atoms with Gasteiger partial charge >= 0.3 is 0 Å². The lowest BCUT2D eigenvalue weighted by Crippen LogP contribution is -2.39. The van der Waals surface area contributed by atoms with Gasteiger partial charge in [-0.2, -0.15) is 0 Å². The number of carbonyl (C=O) groups is 1. The number of nitrogens with one attached hydrogen (secondary N) is 2. The Labute approximate surface area is 153 Å². The average molecular weight is 348 g/mol. The number of benzene rings is 2. The van der Waals surface area contributed by atoms with Crippen LogP contribution in [0.1, 0.15) is 28.8 Å². The van der Waals surface area contributed by atoms with Gasteiger partial charge in [-0.3, -0.25) is 4.79 Å². The van der Waals surface area contributed by atoms with E-state index in [0.717, 1.165) is 30.6 Å². The molecule has 4 heteroatoms. The Morgan fingerprint density at radius 1 is 1.23 bits per heavy atom. The summed E-state index contributed by atoms with van der Waals surface area (Å²) >= 11 is 0. The lowest BCUT2D eigenvalue weighted by molar-refractivity contribution is -0.121. The summed E-state index contributed by atoms with van der Waals surface area (Å²) in [5, 5.41) is 4.54. The normalized spacial score (nSPS) is 16.3. The van der Waals surface area contributed by atoms with Crippen LogP contribution in [0.4, 0.5) is 0 Å². The van der Waals surface area contributed by atoms with Gasteiger partial charge in [-0.05, 0) is 55.2 Å². The number of H-pyrrole nitrogens is 1. The molecule has 0 fully saturated rings. The van der Waals surface area contributed by atoms with Gasteiger partial charge in [0.2, 0.25) is 5.91 Å². The quantitative estimate of drug-likeness (QED) is 0.755. The molecule has 1 aliphatic rings. The van der Waals surface area contributed by atoms with E-state index in [1.54, 1.807) is 7.11 Å². The van der Waals surface area contributed by atoms with E-state index in [1.165, 1.54) is 27.7 Å². The van der Waals surface area contributed by atoms with E-state index in [0.29, 0.717) is 6.42 Å². The van der Waals surface area contributed by atoms with Gasteiger partial charge in [-0.25, -0.2) is 0 Å². The maximum Gasteiger partial charge on any atom is 0.224 e. The molecule has 4 rings (SSSR count). The second-order valence-corrected chi connectivity index (χ2v) is 7.16. The molecule has 0 aliphatic heterocycles. The van der Waals surface area contributed by atoms with Gasteiger partial charge in [-0.1, -0.05) is 23.8 Å². The third kappa shape index (κ3) is 3.32. The van der Waals surface area contributed by atoms with Crippen molar-refractivity contribution in [3.05, 3.63) is 64.8 Å². The van der Waals surface area contributed by atoms with Crippen molar-refractivity contribution in [3.63, 3.8) is 0 Å². The molecule has 1 unspecified atom stereocenters. The second kappa shape index (κ2) is 6.87. The highest BCUT2D eigenvalue weighted by atomic mass is 16.5. The molecule has 4 nitrogen and oxygen atoms in total. The third-order valence-corrected chi connectivity index (χ3v) is 5.23. The lowest BCUT2D eigenvalue weighted by Gasteiger charge is -2.23. The number of aryl methyl sites for hydroxylation is 2. The van der Waals surface area contributed by atoms with Crippen molar-refractivity contribution in [2.45, 2.75) is 38.6 Å². The molecule has 3 aromatic rings. The number of aromatic amines is 1. The average Bonchev–Trinajstić information content (AvgIpc) is 2.99. The number of ether oxygens (including phenoxy) is 1. The van der Waals surface area contributed by atoms with E-state index in [4.69, 9.17) is 4.74 Å². The first-order chi connectivity index (χ1) is 12.6. The second-order valence-electron chi connectivity index (χ2n) is 7.16. The van der Waals surface area contributed by atoms with Crippen molar-refractivity contribution in [1.82, 2.24) is 10.3 Å². The molecular formula is C22H24N2O2. The van der Waals surface area contributed by atoms with Crippen LogP contribution in [0.3, 0.4) is 0 Å². The summed E-state index contributed by atoms with van der Waals surface area (Å²) in [5.74, 6) is 0.888. The van der Waals surface area contributed by atoms with Crippen molar-refractivity contribution in [2.75, 3.05) is 7.11 Å². The summed E-state index contributed by atoms with van der Waals surface area (Å²) in [7, 11) is 1.64. The fraction of sp³-hybridized carbons (Fsp3) is 0.318. The number of carbonyl (C=O) groups excluding carboxylic acids is 1. The number of aromatic nitrogens is 1. The van der Waals surface area contributed by atoms with Gasteiger partial charge in [0.25, 0.3) is 0 Å². The standard InChI is InChI=1S/C22H24N2O2/c1-14-3-10-20-19(11-14)18-9-6-16(13-21(18)24-20)23-22(25)12-15-4-7-17(26-2)8-5-15/h3-5,7-8,10-11,16,24H,6,9,12-13H2,1-2H3,(H,23,25). The van der Waals surface area contributed by atoms with Crippen molar-refractivity contribution < 1.29 is 9.53 Å². The molecule has 2 N–H and O–H groups in total. The Bertz CT molecular complexity index is 941. The number of rotatable bonds is 4. The summed E-state index contributed by atoms with van der Waals surface area (Å²) in [6.07, 6.45) is 3.27. The van der Waals surface area contributed by atoms with Crippen LogP contribution in [0.2, 0.25) is 0 Å². The van der Waals surface area contributed by atoms with E-state index in [-0.39, 0.29) is 11.9 Å². The topological polar surface area (TPSA) is 54.1 Å². The summed E-state index contributed by atoms with van der Waals surface area (Å²) in [5.41, 5.74) is 6.18. The molecule has 0 spiro atoms. The highest BCUT2D eigenvalue weighted by Gasteiger charge is 2.23. The van der Waals surface area contributed by atoms with E-state index in [2.05, 4.69) is 35.4 Å². The third-order valence-electron chi connectivity index (χ3n) is 5.23. The molecule has 0 saturated heterocycles. The smallest absolute Gasteiger partial charge is 0.224 e. The van der Waals surface area contributed by atoms with Gasteiger partial charge in [0.05, 0.1) is 13.5 Å². The highest BCUT2D eigenvalue weighted by molar-refractivity contribution is 5.86. The molecule has 1 aliphatic carbocycles. The maximum absolute atomic E-state index is 12.4. The zero-order valence-electron chi connectivity index (χ0n) is 15.3. The van der Waals surface area contributed by atoms with Crippen LogP contribution >= 0.6 is 0 Å². The van der Waals surface area contributed by atoms with Crippen LogP contribution in [0.5, 0.6) is 5.75 Å². The van der Waals surface area contributed by atoms with Gasteiger partial charge in [0.15, 0.2) is 0 Å². The van der Waals surface area contributed by atoms with E-state index in [9.17, 15) is 4.79 Å². The van der Waals surface area contributed by atoms with Crippen molar-refractivity contribution >= 4 is 16.8 Å². The van der Waals surface area contributed by atoms with E-state index < -0.39 is 0 Å². The summed E-state index contributed by atoms with van der Waals surface area (Å²) in [4.78, 5) is 16.0. The van der Waals surface area contributed by atoms with Crippen LogP contribution in [-0.2, 0) is 24.1 Å². The van der Waals surface area contributed by atoms with E-state index in [1.807, 2.05) is 24.3 Å². The molecule has 2 aromatic carbocycles. The van der Waals surface area contributed by atoms with Crippen LogP contribution in [-0.4, -0.2) is 24.0 Å². The molecule has 1 atom stereocenters. The number of fused-ring (bicyclic) bond motifs is 3. The van der Waals surface area contributed by atoms with Gasteiger partial charge in [-0.15, -0.1) is 0 Å². The van der Waals surface area contributed by atoms with Crippen molar-refractivity contribution in [3.8, 4) is 5.75 Å². The SMILES string of the molecule is COc1ccc(CC(=O)NC2CCc3c([nH]c4ccc(C)cc34)C2)cc1. The summed E-state index contributed by atoms with van der Waals surface area (Å²) in [6.45, 7) is 2.13. The molecule has 0 saturated carbocycles. The number of hydrogen-bond acceptors (Lipinski definition) is 2. The molecule has 0 radical (unpaired) electrons. The minimum Gasteiger partial charge on any atom is -0.497 e. The molecule has 26 heavy (non-hydrogen) atoms. The van der Waals surface area contributed by atoms with Crippen LogP contribution in [0.25, 0.3) is 10.9 Å². The van der Waals surface area contributed by atoms with Crippen LogP contribution < -0.4 is 10.1 Å². The Kier molecular flexibility index (Phi) is 4.41. The Morgan fingerprint density at radius 3 is 2.81 bits per heavy atom. The highest BCUT2D eigenvalue weighted by Crippen LogP contribution is 2.29. The summed E-state index contributed by atoms with van der Waals surface area (Å²) < 4.78 is 5.16.